The molecule has 0 bridgehead atoms. The normalized spacial score (nSPS) is 16.5. The topological polar surface area (TPSA) is 79.4 Å². The summed E-state index contributed by atoms with van der Waals surface area (Å²) in [6.07, 6.45) is 4.93. The van der Waals surface area contributed by atoms with Crippen LogP contribution in [0.1, 0.15) is 30.1 Å². The summed E-state index contributed by atoms with van der Waals surface area (Å²) in [5.74, 6) is 0.258. The molecule has 1 aromatic carbocycles. The minimum absolute atomic E-state index is 0.222. The Morgan fingerprint density at radius 3 is 2.44 bits per heavy atom. The molecule has 7 heteroatoms. The van der Waals surface area contributed by atoms with Crippen LogP contribution in [0.4, 0.5) is 5.69 Å². The number of carbonyl (C=O) groups excluding carboxylic acids is 1. The van der Waals surface area contributed by atoms with Gasteiger partial charge in [-0.25, -0.2) is 8.42 Å². The number of nitrogens with zero attached hydrogens (tertiary/aromatic N) is 2. The Hall–Kier alpha value is -2.25. The van der Waals surface area contributed by atoms with Crippen LogP contribution in [-0.2, 0) is 10.0 Å². The lowest BCUT2D eigenvalue weighted by atomic mass is 10.0. The van der Waals surface area contributed by atoms with Crippen LogP contribution in [0, 0.1) is 5.92 Å². The van der Waals surface area contributed by atoms with Gasteiger partial charge < -0.3 is 5.32 Å². The highest BCUT2D eigenvalue weighted by Gasteiger charge is 2.28. The van der Waals surface area contributed by atoms with Gasteiger partial charge in [0.05, 0.1) is 16.8 Å². The molecule has 25 heavy (non-hydrogen) atoms. The first-order valence-electron chi connectivity index (χ1n) is 8.28. The molecule has 1 aliphatic rings. The van der Waals surface area contributed by atoms with Gasteiger partial charge in [-0.2, -0.15) is 4.31 Å². The summed E-state index contributed by atoms with van der Waals surface area (Å²) < 4.78 is 26.9. The van der Waals surface area contributed by atoms with Gasteiger partial charge in [0, 0.05) is 24.8 Å². The van der Waals surface area contributed by atoms with E-state index >= 15 is 0 Å². The standard InChI is InChI=1S/C18H21N3O3S/c1-14-8-11-21(12-9-14)25(23,24)17-6-4-15(5-7-17)18(22)20-16-3-2-10-19-13-16/h2-7,10,13-14H,8-9,11-12H2,1H3,(H,20,22). The van der Waals surface area contributed by atoms with Gasteiger partial charge in [0.1, 0.15) is 0 Å². The Bertz CT molecular complexity index is 828. The van der Waals surface area contributed by atoms with Crippen molar-refractivity contribution in [1.29, 1.82) is 0 Å². The van der Waals surface area contributed by atoms with Crippen molar-refractivity contribution in [3.05, 3.63) is 54.4 Å². The second kappa shape index (κ2) is 7.33. The van der Waals surface area contributed by atoms with Gasteiger partial charge in [-0.1, -0.05) is 6.92 Å². The summed E-state index contributed by atoms with van der Waals surface area (Å²) in [7, 11) is -3.50. The number of sulfonamides is 1. The van der Waals surface area contributed by atoms with Crippen LogP contribution in [-0.4, -0.2) is 36.7 Å². The molecule has 1 fully saturated rings. The fourth-order valence-electron chi connectivity index (χ4n) is 2.79. The van der Waals surface area contributed by atoms with Crippen molar-refractivity contribution in [1.82, 2.24) is 9.29 Å². The largest absolute Gasteiger partial charge is 0.321 e. The number of aromatic nitrogens is 1. The van der Waals surface area contributed by atoms with Crippen LogP contribution in [0.5, 0.6) is 0 Å². The number of pyridine rings is 1. The molecule has 0 aliphatic carbocycles. The van der Waals surface area contributed by atoms with Crippen molar-refractivity contribution in [3.63, 3.8) is 0 Å². The molecule has 132 valence electrons. The monoisotopic (exact) mass is 359 g/mol. The van der Waals surface area contributed by atoms with Gasteiger partial charge in [0.2, 0.25) is 10.0 Å². The smallest absolute Gasteiger partial charge is 0.255 e. The van der Waals surface area contributed by atoms with E-state index in [1.54, 1.807) is 24.5 Å². The number of anilines is 1. The zero-order valence-electron chi connectivity index (χ0n) is 14.1. The van der Waals surface area contributed by atoms with Crippen LogP contribution in [0.3, 0.4) is 0 Å². The van der Waals surface area contributed by atoms with Crippen molar-refractivity contribution in [2.45, 2.75) is 24.7 Å². The molecule has 1 N–H and O–H groups in total. The van der Waals surface area contributed by atoms with Crippen molar-refractivity contribution in [2.24, 2.45) is 5.92 Å². The first kappa shape index (κ1) is 17.6. The van der Waals surface area contributed by atoms with Gasteiger partial charge in [-0.05, 0) is 55.2 Å². The SMILES string of the molecule is CC1CCN(S(=O)(=O)c2ccc(C(=O)Nc3cccnc3)cc2)CC1. The number of piperidine rings is 1. The Balaban J connectivity index is 1.72. The van der Waals surface area contributed by atoms with Gasteiger partial charge in [0.15, 0.2) is 0 Å². The lowest BCUT2D eigenvalue weighted by Gasteiger charge is -2.29. The van der Waals surface area contributed by atoms with Gasteiger partial charge in [-0.15, -0.1) is 0 Å². The zero-order valence-corrected chi connectivity index (χ0v) is 14.9. The van der Waals surface area contributed by atoms with Gasteiger partial charge in [-0.3, -0.25) is 9.78 Å². The number of hydrogen-bond donors (Lipinski definition) is 1. The third-order valence-electron chi connectivity index (χ3n) is 4.42. The molecule has 1 aromatic heterocycles. The minimum atomic E-state index is -3.50. The molecule has 0 radical (unpaired) electrons. The number of amides is 1. The van der Waals surface area contributed by atoms with Crippen LogP contribution in [0.15, 0.2) is 53.7 Å². The second-order valence-electron chi connectivity index (χ2n) is 6.31. The predicted octanol–water partition coefficient (Wildman–Crippen LogP) is 2.75. The summed E-state index contributed by atoms with van der Waals surface area (Å²) in [5, 5.41) is 2.72. The fourth-order valence-corrected chi connectivity index (χ4v) is 4.26. The maximum Gasteiger partial charge on any atom is 0.255 e. The average Bonchev–Trinajstić information content (AvgIpc) is 2.63. The van der Waals surface area contributed by atoms with Crippen LogP contribution >= 0.6 is 0 Å². The molecular formula is C18H21N3O3S. The highest BCUT2D eigenvalue weighted by Crippen LogP contribution is 2.23. The predicted molar refractivity (Wildman–Crippen MR) is 95.8 cm³/mol. The van der Waals surface area contributed by atoms with Gasteiger partial charge >= 0.3 is 0 Å². The Morgan fingerprint density at radius 1 is 1.16 bits per heavy atom. The van der Waals surface area contributed by atoms with Crippen LogP contribution < -0.4 is 5.32 Å². The molecule has 2 aromatic rings. The molecule has 2 heterocycles. The van der Waals surface area contributed by atoms with E-state index in [4.69, 9.17) is 0 Å². The zero-order chi connectivity index (χ0) is 17.9. The Kier molecular flexibility index (Phi) is 5.15. The van der Waals surface area contributed by atoms with Crippen LogP contribution in [0.2, 0.25) is 0 Å². The summed E-state index contributed by atoms with van der Waals surface area (Å²) in [6, 6.07) is 9.51. The Labute approximate surface area is 147 Å². The van der Waals surface area contributed by atoms with Crippen molar-refractivity contribution in [2.75, 3.05) is 18.4 Å². The van der Waals surface area contributed by atoms with Crippen molar-refractivity contribution < 1.29 is 13.2 Å². The summed E-state index contributed by atoms with van der Waals surface area (Å²) in [5.41, 5.74) is 0.988. The first-order valence-corrected chi connectivity index (χ1v) is 9.72. The second-order valence-corrected chi connectivity index (χ2v) is 8.24. The minimum Gasteiger partial charge on any atom is -0.321 e. The number of nitrogens with one attached hydrogen (secondary N) is 1. The molecule has 1 aliphatic heterocycles. The molecule has 0 spiro atoms. The molecule has 1 saturated heterocycles. The Morgan fingerprint density at radius 2 is 1.84 bits per heavy atom. The fraction of sp³-hybridized carbons (Fsp3) is 0.333. The summed E-state index contributed by atoms with van der Waals surface area (Å²) in [4.78, 5) is 16.4. The van der Waals surface area contributed by atoms with Gasteiger partial charge in [0.25, 0.3) is 5.91 Å². The number of benzene rings is 1. The number of rotatable bonds is 4. The molecule has 1 amide bonds. The van der Waals surface area contributed by atoms with E-state index in [-0.39, 0.29) is 10.8 Å². The highest BCUT2D eigenvalue weighted by molar-refractivity contribution is 7.89. The van der Waals surface area contributed by atoms with E-state index in [0.717, 1.165) is 12.8 Å². The van der Waals surface area contributed by atoms with E-state index in [9.17, 15) is 13.2 Å². The van der Waals surface area contributed by atoms with E-state index in [1.165, 1.54) is 28.6 Å². The van der Waals surface area contributed by atoms with E-state index in [1.807, 2.05) is 0 Å². The molecule has 0 saturated carbocycles. The first-order chi connectivity index (χ1) is 12.0. The van der Waals surface area contributed by atoms with Crippen LogP contribution in [0.25, 0.3) is 0 Å². The number of hydrogen-bond acceptors (Lipinski definition) is 4. The molecular weight excluding hydrogens is 338 g/mol. The number of carbonyl (C=O) groups is 1. The molecule has 0 unspecified atom stereocenters. The molecule has 3 rings (SSSR count). The maximum absolute atomic E-state index is 12.7. The van der Waals surface area contributed by atoms with Crippen molar-refractivity contribution in [3.8, 4) is 0 Å². The van der Waals surface area contributed by atoms with E-state index in [2.05, 4.69) is 17.2 Å². The summed E-state index contributed by atoms with van der Waals surface area (Å²) >= 11 is 0. The lowest BCUT2D eigenvalue weighted by molar-refractivity contribution is 0.102. The van der Waals surface area contributed by atoms with E-state index in [0.29, 0.717) is 30.3 Å². The lowest BCUT2D eigenvalue weighted by Crippen LogP contribution is -2.37. The third kappa shape index (κ3) is 4.05. The third-order valence-corrected chi connectivity index (χ3v) is 6.33. The molecule has 6 nitrogen and oxygen atoms in total. The maximum atomic E-state index is 12.7. The average molecular weight is 359 g/mol. The highest BCUT2D eigenvalue weighted by atomic mass is 32.2. The summed E-state index contributed by atoms with van der Waals surface area (Å²) in [6.45, 7) is 3.24. The molecule has 0 atom stereocenters. The van der Waals surface area contributed by atoms with Crippen molar-refractivity contribution >= 4 is 21.6 Å². The quantitative estimate of drug-likeness (QED) is 0.910. The van der Waals surface area contributed by atoms with E-state index < -0.39 is 10.0 Å².